The van der Waals surface area contributed by atoms with Crippen molar-refractivity contribution in [2.45, 2.75) is 129 Å². The predicted octanol–water partition coefficient (Wildman–Crippen LogP) is 8.91. The van der Waals surface area contributed by atoms with E-state index in [-0.39, 0.29) is 0 Å². The van der Waals surface area contributed by atoms with Crippen LogP contribution in [0.5, 0.6) is 0 Å². The zero-order chi connectivity index (χ0) is 18.4. The molecule has 1 nitrogen and oxygen atoms in total. The second-order valence-corrected chi connectivity index (χ2v) is 7.87. The molecule has 0 unspecified atom stereocenters. The summed E-state index contributed by atoms with van der Waals surface area (Å²) in [5, 5.41) is 0.687. The molecule has 0 aromatic carbocycles. The van der Waals surface area contributed by atoms with Crippen LogP contribution in [0.1, 0.15) is 129 Å². The third kappa shape index (κ3) is 21.6. The van der Waals surface area contributed by atoms with Crippen LogP contribution >= 0.6 is 12.2 Å². The molecule has 0 aliphatic heterocycles. The summed E-state index contributed by atoms with van der Waals surface area (Å²) in [6.45, 7) is 5.81. The van der Waals surface area contributed by atoms with E-state index in [1.54, 1.807) is 0 Å². The lowest BCUT2D eigenvalue weighted by atomic mass is 10.0. The number of unbranched alkanes of at least 4 members (excludes halogenated alkanes) is 17. The molecule has 148 valence electrons. The highest BCUT2D eigenvalue weighted by atomic mass is 32.1. The average molecular weight is 369 g/mol. The van der Waals surface area contributed by atoms with Crippen molar-refractivity contribution in [1.82, 2.24) is 0 Å². The van der Waals surface area contributed by atoms with Gasteiger partial charge in [-0.1, -0.05) is 123 Å². The summed E-state index contributed by atoms with van der Waals surface area (Å²) in [6.07, 6.45) is 27.7. The largest absolute Gasteiger partial charge is 0.459 e. The first-order valence-corrected chi connectivity index (χ1v) is 11.5. The van der Waals surface area contributed by atoms with Gasteiger partial charge in [-0.3, -0.25) is 0 Å². The molecule has 0 saturated heterocycles. The van der Waals surface area contributed by atoms with Crippen molar-refractivity contribution in [2.24, 2.45) is 0 Å². The van der Waals surface area contributed by atoms with Gasteiger partial charge < -0.3 is 4.74 Å². The summed E-state index contributed by atoms with van der Waals surface area (Å²) in [7, 11) is 0. The fourth-order valence-electron chi connectivity index (χ4n) is 3.32. The Morgan fingerprint density at radius 2 is 0.960 bits per heavy atom. The Balaban J connectivity index is 3.03. The fraction of sp³-hybridized carbons (Fsp3) is 0.870. The normalized spacial score (nSPS) is 10.8. The van der Waals surface area contributed by atoms with Gasteiger partial charge >= 0.3 is 0 Å². The SMILES string of the molecule is C=COC(=S)CCCCCCCCCCCCCCCCCCCC. The summed E-state index contributed by atoms with van der Waals surface area (Å²) in [5.41, 5.74) is 0. The lowest BCUT2D eigenvalue weighted by Crippen LogP contribution is -1.95. The van der Waals surface area contributed by atoms with Gasteiger partial charge in [-0.05, 0) is 18.6 Å². The van der Waals surface area contributed by atoms with Crippen LogP contribution in [-0.2, 0) is 4.74 Å². The molecule has 0 fully saturated rings. The Bertz CT molecular complexity index is 288. The van der Waals surface area contributed by atoms with E-state index in [9.17, 15) is 0 Å². The Kier molecular flexibility index (Phi) is 21.4. The second kappa shape index (κ2) is 21.7. The monoisotopic (exact) mass is 368 g/mol. The molecule has 0 aromatic heterocycles. The van der Waals surface area contributed by atoms with Crippen LogP contribution in [0, 0.1) is 0 Å². The molecule has 2 heteroatoms. The van der Waals surface area contributed by atoms with Gasteiger partial charge in [0.15, 0.2) is 5.05 Å². The van der Waals surface area contributed by atoms with Crippen molar-refractivity contribution in [1.29, 1.82) is 0 Å². The third-order valence-corrected chi connectivity index (χ3v) is 5.25. The zero-order valence-electron chi connectivity index (χ0n) is 17.0. The van der Waals surface area contributed by atoms with E-state index in [0.29, 0.717) is 5.05 Å². The van der Waals surface area contributed by atoms with Crippen LogP contribution in [0.25, 0.3) is 0 Å². The van der Waals surface area contributed by atoms with Crippen molar-refractivity contribution in [3.63, 3.8) is 0 Å². The molecule has 0 aliphatic carbocycles. The standard InChI is InChI=1S/C23H44OS/c1-3-5-6-7-8-9-10-11-12-13-14-15-16-17-18-19-20-21-22-23(25)24-4-2/h4H,2-3,5-22H2,1H3. The second-order valence-electron chi connectivity index (χ2n) is 7.42. The minimum Gasteiger partial charge on any atom is -0.459 e. The van der Waals surface area contributed by atoms with E-state index in [1.807, 2.05) is 0 Å². The van der Waals surface area contributed by atoms with E-state index < -0.39 is 0 Å². The van der Waals surface area contributed by atoms with Gasteiger partial charge in [-0.15, -0.1) is 0 Å². The maximum Gasteiger partial charge on any atom is 0.166 e. The molecule has 0 N–H and O–H groups in total. The molecular formula is C23H44OS. The average Bonchev–Trinajstić information content (AvgIpc) is 2.61. The molecule has 0 atom stereocenters. The van der Waals surface area contributed by atoms with E-state index in [4.69, 9.17) is 17.0 Å². The summed E-state index contributed by atoms with van der Waals surface area (Å²) in [6, 6.07) is 0. The van der Waals surface area contributed by atoms with Crippen molar-refractivity contribution >= 4 is 17.3 Å². The number of rotatable bonds is 20. The van der Waals surface area contributed by atoms with Gasteiger partial charge in [-0.25, -0.2) is 0 Å². The topological polar surface area (TPSA) is 9.23 Å². The smallest absolute Gasteiger partial charge is 0.166 e. The molecule has 0 heterocycles. The van der Waals surface area contributed by atoms with Gasteiger partial charge in [0.2, 0.25) is 0 Å². The van der Waals surface area contributed by atoms with Crippen LogP contribution in [0.2, 0.25) is 0 Å². The van der Waals surface area contributed by atoms with E-state index in [0.717, 1.165) is 12.8 Å². The van der Waals surface area contributed by atoms with Crippen molar-refractivity contribution in [3.8, 4) is 0 Å². The number of ether oxygens (including phenoxy) is 1. The number of hydrogen-bond acceptors (Lipinski definition) is 2. The van der Waals surface area contributed by atoms with Crippen LogP contribution in [0.15, 0.2) is 12.8 Å². The highest BCUT2D eigenvalue weighted by molar-refractivity contribution is 7.80. The summed E-state index contributed by atoms with van der Waals surface area (Å²) < 4.78 is 5.07. The van der Waals surface area contributed by atoms with Crippen LogP contribution in [0.4, 0.5) is 0 Å². The first kappa shape index (κ1) is 24.6. The van der Waals surface area contributed by atoms with Gasteiger partial charge in [0.1, 0.15) is 0 Å². The van der Waals surface area contributed by atoms with Crippen LogP contribution < -0.4 is 0 Å². The summed E-state index contributed by atoms with van der Waals surface area (Å²) in [4.78, 5) is 0. The van der Waals surface area contributed by atoms with Crippen LogP contribution in [-0.4, -0.2) is 5.05 Å². The van der Waals surface area contributed by atoms with Crippen molar-refractivity contribution in [2.75, 3.05) is 0 Å². The highest BCUT2D eigenvalue weighted by Crippen LogP contribution is 2.14. The van der Waals surface area contributed by atoms with Gasteiger partial charge in [0.05, 0.1) is 6.26 Å². The first-order chi connectivity index (χ1) is 12.3. The maximum atomic E-state index is 5.07. The molecule has 0 aromatic rings. The Labute approximate surface area is 164 Å². The quantitative estimate of drug-likeness (QED) is 0.120. The molecule has 0 spiro atoms. The number of hydrogen-bond donors (Lipinski definition) is 0. The van der Waals surface area contributed by atoms with Gasteiger partial charge in [-0.2, -0.15) is 0 Å². The molecule has 0 amide bonds. The molecule has 0 rings (SSSR count). The Hall–Kier alpha value is -0.370. The van der Waals surface area contributed by atoms with Gasteiger partial charge in [0, 0.05) is 6.42 Å². The van der Waals surface area contributed by atoms with Crippen molar-refractivity contribution < 1.29 is 4.74 Å². The fourth-order valence-corrected chi connectivity index (χ4v) is 3.54. The van der Waals surface area contributed by atoms with Crippen molar-refractivity contribution in [3.05, 3.63) is 12.8 Å². The molecular weight excluding hydrogens is 324 g/mol. The van der Waals surface area contributed by atoms with E-state index >= 15 is 0 Å². The molecule has 0 aliphatic rings. The lowest BCUT2D eigenvalue weighted by molar-refractivity contribution is 0.465. The zero-order valence-corrected chi connectivity index (χ0v) is 17.9. The third-order valence-electron chi connectivity index (χ3n) is 4.95. The molecule has 0 bridgehead atoms. The molecule has 0 radical (unpaired) electrons. The molecule has 25 heavy (non-hydrogen) atoms. The lowest BCUT2D eigenvalue weighted by Gasteiger charge is -2.04. The predicted molar refractivity (Wildman–Crippen MR) is 117 cm³/mol. The first-order valence-electron chi connectivity index (χ1n) is 11.1. The summed E-state index contributed by atoms with van der Waals surface area (Å²) in [5.74, 6) is 0. The summed E-state index contributed by atoms with van der Waals surface area (Å²) >= 11 is 5.07. The van der Waals surface area contributed by atoms with Gasteiger partial charge in [0.25, 0.3) is 0 Å². The van der Waals surface area contributed by atoms with E-state index in [2.05, 4.69) is 13.5 Å². The minimum absolute atomic E-state index is 0.687. The Morgan fingerprint density at radius 1 is 0.640 bits per heavy atom. The maximum absolute atomic E-state index is 5.07. The van der Waals surface area contributed by atoms with E-state index in [1.165, 1.54) is 115 Å². The van der Waals surface area contributed by atoms with Crippen LogP contribution in [0.3, 0.4) is 0 Å². The number of thiocarbonyl (C=S) groups is 1. The highest BCUT2D eigenvalue weighted by Gasteiger charge is 1.97. The Morgan fingerprint density at radius 3 is 1.28 bits per heavy atom. The minimum atomic E-state index is 0.687. The molecule has 0 saturated carbocycles.